The minimum atomic E-state index is 0.737. The molecule has 0 aliphatic carbocycles. The predicted octanol–water partition coefficient (Wildman–Crippen LogP) is 1.27. The molecular weight excluding hydrogens is 148 g/mol. The highest BCUT2D eigenvalue weighted by atomic mass is 15.1. The molecule has 2 N–H and O–H groups in total. The summed E-state index contributed by atoms with van der Waals surface area (Å²) in [6.07, 6.45) is 5.40. The molecule has 0 aromatic rings. The Labute approximate surface area is 75.1 Å². The Balaban J connectivity index is 1.94. The van der Waals surface area contributed by atoms with E-state index in [0.29, 0.717) is 0 Å². The number of hydrogen-bond acceptors (Lipinski definition) is 2. The van der Waals surface area contributed by atoms with Gasteiger partial charge in [0.25, 0.3) is 0 Å². The fraction of sp³-hybridized carbons (Fsp3) is 1.00. The molecule has 2 saturated heterocycles. The highest BCUT2D eigenvalue weighted by molar-refractivity contribution is 4.94. The van der Waals surface area contributed by atoms with E-state index in [0.717, 1.165) is 24.2 Å². The molecule has 12 heavy (non-hydrogen) atoms. The van der Waals surface area contributed by atoms with Crippen LogP contribution in [-0.2, 0) is 0 Å². The molecule has 0 saturated carbocycles. The Morgan fingerprint density at radius 1 is 0.750 bits per heavy atom. The van der Waals surface area contributed by atoms with Crippen molar-refractivity contribution < 1.29 is 0 Å². The molecule has 0 amide bonds. The molecule has 2 aliphatic heterocycles. The lowest BCUT2D eigenvalue weighted by Crippen LogP contribution is -2.59. The Bertz CT molecular complexity index is 140. The number of nitrogens with one attached hydrogen (secondary N) is 2. The molecule has 70 valence electrons. The first-order valence-corrected chi connectivity index (χ1v) is 5.28. The molecule has 0 spiro atoms. The van der Waals surface area contributed by atoms with E-state index in [9.17, 15) is 0 Å². The van der Waals surface area contributed by atoms with Crippen molar-refractivity contribution in [1.29, 1.82) is 0 Å². The maximum absolute atomic E-state index is 3.68. The van der Waals surface area contributed by atoms with Gasteiger partial charge < -0.3 is 10.6 Å². The first-order chi connectivity index (χ1) is 5.75. The maximum Gasteiger partial charge on any atom is 0.0224 e. The molecule has 2 rings (SSSR count). The van der Waals surface area contributed by atoms with E-state index < -0.39 is 0 Å². The van der Waals surface area contributed by atoms with Crippen molar-refractivity contribution >= 4 is 0 Å². The molecule has 4 atom stereocenters. The first kappa shape index (κ1) is 8.52. The summed E-state index contributed by atoms with van der Waals surface area (Å²) in [7, 11) is 0. The summed E-state index contributed by atoms with van der Waals surface area (Å²) in [5, 5.41) is 7.35. The van der Waals surface area contributed by atoms with Crippen molar-refractivity contribution in [2.45, 2.75) is 63.7 Å². The zero-order chi connectivity index (χ0) is 8.55. The first-order valence-electron chi connectivity index (χ1n) is 5.28. The van der Waals surface area contributed by atoms with E-state index in [1.165, 1.54) is 25.7 Å². The summed E-state index contributed by atoms with van der Waals surface area (Å²) in [6, 6.07) is 2.98. The van der Waals surface area contributed by atoms with Gasteiger partial charge in [-0.25, -0.2) is 0 Å². The molecule has 2 nitrogen and oxygen atoms in total. The summed E-state index contributed by atoms with van der Waals surface area (Å²) in [4.78, 5) is 0. The van der Waals surface area contributed by atoms with Crippen LogP contribution >= 0.6 is 0 Å². The summed E-state index contributed by atoms with van der Waals surface area (Å²) in [5.41, 5.74) is 0. The molecular formula is C10H20N2. The van der Waals surface area contributed by atoms with Gasteiger partial charge in [-0.1, -0.05) is 0 Å². The molecule has 0 bridgehead atoms. The van der Waals surface area contributed by atoms with E-state index >= 15 is 0 Å². The van der Waals surface area contributed by atoms with E-state index in [4.69, 9.17) is 0 Å². The third-order valence-electron chi connectivity index (χ3n) is 3.30. The van der Waals surface area contributed by atoms with Crippen LogP contribution in [0.2, 0.25) is 0 Å². The average Bonchev–Trinajstić information content (AvgIpc) is 2.05. The highest BCUT2D eigenvalue weighted by Crippen LogP contribution is 2.22. The average molecular weight is 168 g/mol. The van der Waals surface area contributed by atoms with Gasteiger partial charge in [-0.2, -0.15) is 0 Å². The minimum absolute atomic E-state index is 0.737. The Morgan fingerprint density at radius 3 is 1.58 bits per heavy atom. The van der Waals surface area contributed by atoms with Crippen LogP contribution < -0.4 is 10.6 Å². The molecule has 2 fully saturated rings. The lowest BCUT2D eigenvalue weighted by atomic mass is 9.86. The number of piperidine rings is 2. The fourth-order valence-corrected chi connectivity index (χ4v) is 2.56. The molecule has 2 heterocycles. The lowest BCUT2D eigenvalue weighted by Gasteiger charge is -2.42. The molecule has 2 aliphatic rings. The monoisotopic (exact) mass is 168 g/mol. The summed E-state index contributed by atoms with van der Waals surface area (Å²) < 4.78 is 0. The molecule has 0 radical (unpaired) electrons. The minimum Gasteiger partial charge on any atom is -0.310 e. The normalized spacial score (nSPS) is 48.5. The third kappa shape index (κ3) is 1.64. The van der Waals surface area contributed by atoms with E-state index in [1.807, 2.05) is 0 Å². The zero-order valence-electron chi connectivity index (χ0n) is 8.14. The molecule has 2 heteroatoms. The van der Waals surface area contributed by atoms with Crippen LogP contribution in [0.15, 0.2) is 0 Å². The SMILES string of the molecule is C[C@@H]1CC[C@H]2N[C@H](C)CC[C@@H]2N1. The van der Waals surface area contributed by atoms with Gasteiger partial charge >= 0.3 is 0 Å². The van der Waals surface area contributed by atoms with Crippen molar-refractivity contribution in [2.75, 3.05) is 0 Å². The van der Waals surface area contributed by atoms with Gasteiger partial charge in [0.05, 0.1) is 0 Å². The second-order valence-electron chi connectivity index (χ2n) is 4.50. The van der Waals surface area contributed by atoms with Gasteiger partial charge in [0.1, 0.15) is 0 Å². The Kier molecular flexibility index (Phi) is 2.37. The van der Waals surface area contributed by atoms with Crippen LogP contribution in [0.25, 0.3) is 0 Å². The summed E-state index contributed by atoms with van der Waals surface area (Å²) in [5.74, 6) is 0. The molecule has 0 unspecified atom stereocenters. The number of fused-ring (bicyclic) bond motifs is 1. The Hall–Kier alpha value is -0.0800. The molecule has 0 aromatic heterocycles. The predicted molar refractivity (Wildman–Crippen MR) is 51.2 cm³/mol. The summed E-state index contributed by atoms with van der Waals surface area (Å²) >= 11 is 0. The quantitative estimate of drug-likeness (QED) is 0.569. The van der Waals surface area contributed by atoms with Gasteiger partial charge in [-0.3, -0.25) is 0 Å². The van der Waals surface area contributed by atoms with Crippen molar-refractivity contribution in [1.82, 2.24) is 10.6 Å². The highest BCUT2D eigenvalue weighted by Gasteiger charge is 2.31. The van der Waals surface area contributed by atoms with Crippen LogP contribution in [0.1, 0.15) is 39.5 Å². The van der Waals surface area contributed by atoms with Gasteiger partial charge in [0.2, 0.25) is 0 Å². The van der Waals surface area contributed by atoms with Gasteiger partial charge in [-0.15, -0.1) is 0 Å². The maximum atomic E-state index is 3.68. The van der Waals surface area contributed by atoms with Gasteiger partial charge in [0, 0.05) is 24.2 Å². The third-order valence-corrected chi connectivity index (χ3v) is 3.30. The second kappa shape index (κ2) is 3.35. The van der Waals surface area contributed by atoms with Gasteiger partial charge in [0.15, 0.2) is 0 Å². The number of rotatable bonds is 0. The molecule has 0 aromatic carbocycles. The Morgan fingerprint density at radius 2 is 1.17 bits per heavy atom. The lowest BCUT2D eigenvalue weighted by molar-refractivity contribution is 0.192. The van der Waals surface area contributed by atoms with E-state index in [-0.39, 0.29) is 0 Å². The van der Waals surface area contributed by atoms with Gasteiger partial charge in [-0.05, 0) is 39.5 Å². The largest absolute Gasteiger partial charge is 0.310 e. The topological polar surface area (TPSA) is 24.1 Å². The fourth-order valence-electron chi connectivity index (χ4n) is 2.56. The van der Waals surface area contributed by atoms with E-state index in [2.05, 4.69) is 24.5 Å². The zero-order valence-corrected chi connectivity index (χ0v) is 8.14. The van der Waals surface area contributed by atoms with Crippen LogP contribution in [-0.4, -0.2) is 24.2 Å². The van der Waals surface area contributed by atoms with Crippen molar-refractivity contribution in [3.05, 3.63) is 0 Å². The van der Waals surface area contributed by atoms with Crippen LogP contribution in [0.3, 0.4) is 0 Å². The smallest absolute Gasteiger partial charge is 0.0224 e. The standard InChI is InChI=1S/C10H20N2/c1-7-3-5-10-9(11-7)6-4-8(2)12-10/h7-12H,3-6H2,1-2H3/t7-,8-,9-,10+/m1/s1. The second-order valence-corrected chi connectivity index (χ2v) is 4.50. The number of hydrogen-bond donors (Lipinski definition) is 2. The van der Waals surface area contributed by atoms with Crippen LogP contribution in [0.4, 0.5) is 0 Å². The van der Waals surface area contributed by atoms with Crippen LogP contribution in [0.5, 0.6) is 0 Å². The van der Waals surface area contributed by atoms with E-state index in [1.54, 1.807) is 0 Å². The van der Waals surface area contributed by atoms with Crippen molar-refractivity contribution in [3.8, 4) is 0 Å². The van der Waals surface area contributed by atoms with Crippen molar-refractivity contribution in [2.24, 2.45) is 0 Å². The van der Waals surface area contributed by atoms with Crippen molar-refractivity contribution in [3.63, 3.8) is 0 Å². The summed E-state index contributed by atoms with van der Waals surface area (Å²) in [6.45, 7) is 4.60. The van der Waals surface area contributed by atoms with Crippen LogP contribution in [0, 0.1) is 0 Å².